The van der Waals surface area contributed by atoms with Gasteiger partial charge in [0.1, 0.15) is 12.0 Å². The van der Waals surface area contributed by atoms with Crippen molar-refractivity contribution in [1.82, 2.24) is 19.8 Å². The highest BCUT2D eigenvalue weighted by Gasteiger charge is 2.25. The second-order valence-corrected chi connectivity index (χ2v) is 17.3. The number of fused-ring (bicyclic) bond motifs is 1. The van der Waals surface area contributed by atoms with Gasteiger partial charge in [0.15, 0.2) is 5.82 Å². The molecule has 0 bridgehead atoms. The Morgan fingerprint density at radius 2 is 1.63 bits per heavy atom. The summed E-state index contributed by atoms with van der Waals surface area (Å²) in [7, 11) is -0.397. The van der Waals surface area contributed by atoms with Gasteiger partial charge in [-0.25, -0.2) is 18.4 Å². The number of anilines is 3. The quantitative estimate of drug-likeness (QED) is 0.0591. The molecule has 0 radical (unpaired) electrons. The third kappa shape index (κ3) is 10.0. The number of halogens is 1. The number of likely N-dealkylation sites (N-methyl/N-ethyl adjacent to an activating group) is 1. The lowest BCUT2D eigenvalue weighted by Crippen LogP contribution is -2.46. The number of hydrogen-bond donors (Lipinski definition) is 2. The number of benzene rings is 5. The minimum atomic E-state index is -4.26. The average molecular weight is 823 g/mol. The van der Waals surface area contributed by atoms with E-state index in [1.807, 2.05) is 79.7 Å². The zero-order chi connectivity index (χ0) is 39.9. The van der Waals surface area contributed by atoms with Crippen LogP contribution in [-0.2, 0) is 16.6 Å². The number of hydrogen-bond acceptors (Lipinski definition) is 11. The fraction of sp³-hybridized carbons (Fsp3) is 0.238. The van der Waals surface area contributed by atoms with E-state index in [0.717, 1.165) is 54.9 Å². The van der Waals surface area contributed by atoms with Crippen LogP contribution in [0, 0.1) is 10.1 Å². The van der Waals surface area contributed by atoms with Crippen molar-refractivity contribution in [2.24, 2.45) is 0 Å². The van der Waals surface area contributed by atoms with Gasteiger partial charge >= 0.3 is 0 Å². The van der Waals surface area contributed by atoms with Gasteiger partial charge in [0.25, 0.3) is 15.7 Å². The van der Waals surface area contributed by atoms with Crippen LogP contribution in [-0.4, -0.2) is 91.7 Å². The summed E-state index contributed by atoms with van der Waals surface area (Å²) in [4.78, 5) is 28.0. The topological polar surface area (TPSA) is 137 Å². The zero-order valence-corrected chi connectivity index (χ0v) is 34.0. The maximum absolute atomic E-state index is 13.7. The van der Waals surface area contributed by atoms with Gasteiger partial charge in [0.2, 0.25) is 0 Å². The Bertz CT molecular complexity index is 2450. The van der Waals surface area contributed by atoms with Gasteiger partial charge in [-0.3, -0.25) is 19.7 Å². The van der Waals surface area contributed by atoms with Crippen LogP contribution in [0.5, 0.6) is 0 Å². The van der Waals surface area contributed by atoms with Crippen LogP contribution in [0.25, 0.3) is 22.0 Å². The van der Waals surface area contributed by atoms with Crippen molar-refractivity contribution in [3.63, 3.8) is 0 Å². The van der Waals surface area contributed by atoms with Gasteiger partial charge in [0.05, 0.1) is 15.3 Å². The summed E-state index contributed by atoms with van der Waals surface area (Å²) in [6.07, 6.45) is 1.31. The second-order valence-electron chi connectivity index (χ2n) is 14.1. The van der Waals surface area contributed by atoms with Crippen molar-refractivity contribution in [1.29, 1.82) is 0 Å². The molecule has 0 unspecified atom stereocenters. The molecule has 2 heterocycles. The number of piperazine rings is 1. The molecule has 6 aromatic rings. The van der Waals surface area contributed by atoms with E-state index in [0.29, 0.717) is 28.2 Å². The lowest BCUT2D eigenvalue weighted by Gasteiger charge is -2.36. The van der Waals surface area contributed by atoms with E-state index < -0.39 is 14.9 Å². The number of aromatic nitrogens is 2. The molecular weight excluding hydrogens is 780 g/mol. The SMILES string of the molecule is CN(C)C[C@H](CSc1ccccc1)Nc1ccc(S(=O)(=O)Nc2ncnc3cc(N4CCN(Cc5ccccc5-c5ccc(Cl)cc5)CC4)ccc23)cc1[N+](=O)[O-]. The smallest absolute Gasteiger partial charge is 0.293 e. The molecule has 5 aromatic carbocycles. The second kappa shape index (κ2) is 17.9. The molecule has 2 N–H and O–H groups in total. The van der Waals surface area contributed by atoms with Crippen LogP contribution in [0.15, 0.2) is 131 Å². The molecule has 12 nitrogen and oxygen atoms in total. The summed E-state index contributed by atoms with van der Waals surface area (Å²) >= 11 is 7.77. The third-order valence-corrected chi connectivity index (χ3v) is 12.5. The van der Waals surface area contributed by atoms with Crippen molar-refractivity contribution in [3.8, 4) is 11.1 Å². The van der Waals surface area contributed by atoms with Crippen molar-refractivity contribution in [2.45, 2.75) is 22.4 Å². The van der Waals surface area contributed by atoms with Crippen molar-refractivity contribution < 1.29 is 13.3 Å². The molecular formula is C42H43ClN8O4S2. The van der Waals surface area contributed by atoms with E-state index in [1.165, 1.54) is 29.6 Å². The Labute approximate surface area is 342 Å². The molecule has 0 amide bonds. The first-order valence-corrected chi connectivity index (χ1v) is 21.3. The highest BCUT2D eigenvalue weighted by molar-refractivity contribution is 7.99. The van der Waals surface area contributed by atoms with E-state index in [-0.39, 0.29) is 28.1 Å². The molecule has 15 heteroatoms. The Morgan fingerprint density at radius 3 is 2.37 bits per heavy atom. The fourth-order valence-electron chi connectivity index (χ4n) is 6.95. The molecule has 0 saturated carbocycles. The maximum Gasteiger partial charge on any atom is 0.293 e. The highest BCUT2D eigenvalue weighted by Crippen LogP contribution is 2.32. The van der Waals surface area contributed by atoms with Crippen LogP contribution in [0.3, 0.4) is 0 Å². The zero-order valence-electron chi connectivity index (χ0n) is 31.6. The predicted octanol–water partition coefficient (Wildman–Crippen LogP) is 8.12. The molecule has 7 rings (SSSR count). The Morgan fingerprint density at radius 1 is 0.895 bits per heavy atom. The van der Waals surface area contributed by atoms with Gasteiger partial charge in [-0.2, -0.15) is 0 Å². The molecule has 1 saturated heterocycles. The summed E-state index contributed by atoms with van der Waals surface area (Å²) in [6.45, 7) is 4.79. The number of nitro benzene ring substituents is 1. The van der Waals surface area contributed by atoms with Crippen LogP contribution in [0.2, 0.25) is 5.02 Å². The van der Waals surface area contributed by atoms with Crippen molar-refractivity contribution in [3.05, 3.63) is 142 Å². The van der Waals surface area contributed by atoms with E-state index >= 15 is 0 Å². The number of nitro groups is 1. The normalized spacial score (nSPS) is 14.1. The van der Waals surface area contributed by atoms with E-state index in [9.17, 15) is 18.5 Å². The first kappa shape index (κ1) is 40.0. The van der Waals surface area contributed by atoms with Crippen LogP contribution >= 0.6 is 23.4 Å². The summed E-state index contributed by atoms with van der Waals surface area (Å²) in [6, 6.07) is 35.7. The largest absolute Gasteiger partial charge is 0.375 e. The molecule has 1 aliphatic heterocycles. The lowest BCUT2D eigenvalue weighted by molar-refractivity contribution is -0.384. The van der Waals surface area contributed by atoms with Crippen LogP contribution in [0.4, 0.5) is 22.9 Å². The minimum Gasteiger partial charge on any atom is -0.375 e. The molecule has 1 aromatic heterocycles. The fourth-order valence-corrected chi connectivity index (χ4v) is 9.06. The van der Waals surface area contributed by atoms with Gasteiger partial charge in [0, 0.05) is 78.1 Å². The Balaban J connectivity index is 1.02. The molecule has 0 aliphatic carbocycles. The lowest BCUT2D eigenvalue weighted by atomic mass is 9.99. The van der Waals surface area contributed by atoms with E-state index in [1.54, 1.807) is 11.8 Å². The highest BCUT2D eigenvalue weighted by atomic mass is 35.5. The average Bonchev–Trinajstić information content (AvgIpc) is 3.21. The number of thioether (sulfide) groups is 1. The summed E-state index contributed by atoms with van der Waals surface area (Å²) in [5.41, 5.74) is 5.05. The summed E-state index contributed by atoms with van der Waals surface area (Å²) in [5.74, 6) is 0.727. The Hall–Kier alpha value is -5.25. The third-order valence-electron chi connectivity index (χ3n) is 9.77. The molecule has 1 fully saturated rings. The van der Waals surface area contributed by atoms with Crippen LogP contribution in [0.1, 0.15) is 5.56 Å². The summed E-state index contributed by atoms with van der Waals surface area (Å²) < 4.78 is 30.0. The molecule has 0 spiro atoms. The first-order chi connectivity index (χ1) is 27.5. The van der Waals surface area contributed by atoms with E-state index in [2.05, 4.69) is 66.2 Å². The number of rotatable bonds is 15. The van der Waals surface area contributed by atoms with Gasteiger partial charge in [-0.1, -0.05) is 66.2 Å². The first-order valence-electron chi connectivity index (χ1n) is 18.5. The molecule has 1 aliphatic rings. The van der Waals surface area contributed by atoms with Gasteiger partial charge < -0.3 is 15.1 Å². The standard InChI is InChI=1S/C42H43ClN8O4S2/c1-48(2)27-33(28-56-35-9-4-3-5-10-35)46-39-19-17-36(25-41(39)51(52)53)57(54,55)47-42-38-18-16-34(24-40(38)44-29-45-42)50-22-20-49(21-23-50)26-31-8-6-7-11-37(31)30-12-14-32(43)15-13-30/h3-19,24-25,29,33,46H,20-23,26-28H2,1-2H3,(H,44,45,47)/t33-/m1/s1. The van der Waals surface area contributed by atoms with Crippen molar-refractivity contribution in [2.75, 3.05) is 67.5 Å². The monoisotopic (exact) mass is 822 g/mol. The number of nitrogens with zero attached hydrogens (tertiary/aromatic N) is 6. The van der Waals surface area contributed by atoms with Gasteiger partial charge in [-0.05, 0) is 85.4 Å². The van der Waals surface area contributed by atoms with Gasteiger partial charge in [-0.15, -0.1) is 11.8 Å². The maximum atomic E-state index is 13.7. The predicted molar refractivity (Wildman–Crippen MR) is 231 cm³/mol. The van der Waals surface area contributed by atoms with Crippen molar-refractivity contribution >= 4 is 67.2 Å². The molecule has 294 valence electrons. The Kier molecular flexibility index (Phi) is 12.6. The van der Waals surface area contributed by atoms with E-state index in [4.69, 9.17) is 11.6 Å². The number of sulfonamides is 1. The summed E-state index contributed by atoms with van der Waals surface area (Å²) in [5, 5.41) is 16.8. The number of nitrogens with one attached hydrogen (secondary N) is 2. The minimum absolute atomic E-state index is 0.0876. The van der Waals surface area contributed by atoms with Crippen LogP contribution < -0.4 is 14.9 Å². The molecule has 1 atom stereocenters. The molecule has 57 heavy (non-hydrogen) atoms.